The lowest BCUT2D eigenvalue weighted by Crippen LogP contribution is -2.30. The van der Waals surface area contributed by atoms with E-state index in [9.17, 15) is 5.11 Å². The van der Waals surface area contributed by atoms with Crippen LogP contribution in [-0.2, 0) is 0 Å². The molecular weight excluding hydrogens is 136 g/mol. The molecule has 3 atom stereocenters. The fourth-order valence-corrected chi connectivity index (χ4v) is 2.58. The zero-order valence-electron chi connectivity index (χ0n) is 5.31. The molecule has 2 heteroatoms. The van der Waals surface area contributed by atoms with E-state index >= 15 is 0 Å². The number of aliphatic hydroxyl groups is 1. The predicted octanol–water partition coefficient (Wildman–Crippen LogP) is 1.53. The minimum atomic E-state index is -0.210. The molecule has 0 saturated heterocycles. The minimum absolute atomic E-state index is 0.204. The summed E-state index contributed by atoms with van der Waals surface area (Å²) in [5.41, 5.74) is 0. The number of fused-ring (bicyclic) bond motifs is 2. The van der Waals surface area contributed by atoms with E-state index in [0.29, 0.717) is 0 Å². The molecule has 2 saturated carbocycles. The lowest BCUT2D eigenvalue weighted by Gasteiger charge is -2.23. The fraction of sp³-hybridized carbons (Fsp3) is 1.00. The fourth-order valence-electron chi connectivity index (χ4n) is 2.16. The van der Waals surface area contributed by atoms with Gasteiger partial charge >= 0.3 is 0 Å². The van der Waals surface area contributed by atoms with E-state index in [1.54, 1.807) is 0 Å². The van der Waals surface area contributed by atoms with Crippen molar-refractivity contribution in [2.24, 2.45) is 5.92 Å². The molecule has 2 bridgehead atoms. The Labute approximate surface area is 60.0 Å². The zero-order chi connectivity index (χ0) is 6.48. The highest BCUT2D eigenvalue weighted by Crippen LogP contribution is 2.51. The molecule has 2 rings (SSSR count). The van der Waals surface area contributed by atoms with Gasteiger partial charge in [-0.1, -0.05) is 0 Å². The third-order valence-electron chi connectivity index (χ3n) is 2.75. The van der Waals surface area contributed by atoms with Crippen molar-refractivity contribution in [1.29, 1.82) is 0 Å². The standard InChI is InChI=1S/C7H11ClO/c8-7-2-1-5(4-7)3-6(7)9/h5-6,9H,1-4H2. The van der Waals surface area contributed by atoms with E-state index in [2.05, 4.69) is 0 Å². The monoisotopic (exact) mass is 146 g/mol. The van der Waals surface area contributed by atoms with Crippen molar-refractivity contribution >= 4 is 11.6 Å². The van der Waals surface area contributed by atoms with Crippen LogP contribution in [0.1, 0.15) is 25.7 Å². The Morgan fingerprint density at radius 3 is 2.56 bits per heavy atom. The van der Waals surface area contributed by atoms with Crippen LogP contribution in [0, 0.1) is 5.92 Å². The number of aliphatic hydroxyl groups excluding tert-OH is 1. The summed E-state index contributed by atoms with van der Waals surface area (Å²) in [5, 5.41) is 9.35. The molecular formula is C7H11ClO. The molecule has 52 valence electrons. The molecule has 3 unspecified atom stereocenters. The van der Waals surface area contributed by atoms with Crippen molar-refractivity contribution in [2.75, 3.05) is 0 Å². The molecule has 2 aliphatic rings. The zero-order valence-corrected chi connectivity index (χ0v) is 6.06. The molecule has 2 fully saturated rings. The van der Waals surface area contributed by atoms with Crippen molar-refractivity contribution in [3.8, 4) is 0 Å². The molecule has 0 aromatic carbocycles. The highest BCUT2D eigenvalue weighted by molar-refractivity contribution is 6.24. The van der Waals surface area contributed by atoms with Gasteiger partial charge in [-0.25, -0.2) is 0 Å². The second kappa shape index (κ2) is 1.64. The maximum Gasteiger partial charge on any atom is 0.0734 e. The molecule has 1 nitrogen and oxygen atoms in total. The van der Waals surface area contributed by atoms with Gasteiger partial charge in [0.2, 0.25) is 0 Å². The molecule has 0 radical (unpaired) electrons. The second-order valence-corrected chi connectivity index (χ2v) is 4.15. The topological polar surface area (TPSA) is 20.2 Å². The van der Waals surface area contributed by atoms with Crippen molar-refractivity contribution in [2.45, 2.75) is 36.7 Å². The van der Waals surface area contributed by atoms with Gasteiger partial charge in [0.1, 0.15) is 0 Å². The Kier molecular flexibility index (Phi) is 1.09. The van der Waals surface area contributed by atoms with Gasteiger partial charge in [-0.05, 0) is 31.6 Å². The van der Waals surface area contributed by atoms with Gasteiger partial charge in [0.25, 0.3) is 0 Å². The van der Waals surface area contributed by atoms with Crippen LogP contribution < -0.4 is 0 Å². The smallest absolute Gasteiger partial charge is 0.0734 e. The quantitative estimate of drug-likeness (QED) is 0.514. The predicted molar refractivity (Wildman–Crippen MR) is 36.5 cm³/mol. The minimum Gasteiger partial charge on any atom is -0.391 e. The molecule has 0 aromatic rings. The summed E-state index contributed by atoms with van der Waals surface area (Å²) < 4.78 is 0. The lowest BCUT2D eigenvalue weighted by atomic mass is 9.97. The van der Waals surface area contributed by atoms with Crippen LogP contribution in [0.3, 0.4) is 0 Å². The summed E-state index contributed by atoms with van der Waals surface area (Å²) in [4.78, 5) is -0.204. The van der Waals surface area contributed by atoms with Gasteiger partial charge in [0.05, 0.1) is 11.0 Å². The second-order valence-electron chi connectivity index (χ2n) is 3.39. The number of halogens is 1. The number of rotatable bonds is 0. The molecule has 0 amide bonds. The lowest BCUT2D eigenvalue weighted by molar-refractivity contribution is 0.126. The Hall–Kier alpha value is 0.250. The van der Waals surface area contributed by atoms with Gasteiger partial charge in [-0.15, -0.1) is 11.6 Å². The van der Waals surface area contributed by atoms with Gasteiger partial charge in [-0.2, -0.15) is 0 Å². The summed E-state index contributed by atoms with van der Waals surface area (Å²) in [5.74, 6) is 0.734. The van der Waals surface area contributed by atoms with Crippen LogP contribution in [0.15, 0.2) is 0 Å². The van der Waals surface area contributed by atoms with Crippen molar-refractivity contribution in [3.63, 3.8) is 0 Å². The molecule has 0 spiro atoms. The first kappa shape index (κ1) is 5.99. The highest BCUT2D eigenvalue weighted by Gasteiger charge is 2.50. The summed E-state index contributed by atoms with van der Waals surface area (Å²) >= 11 is 6.10. The average Bonchev–Trinajstić information content (AvgIpc) is 2.22. The number of alkyl halides is 1. The van der Waals surface area contributed by atoms with Crippen LogP contribution in [0.25, 0.3) is 0 Å². The van der Waals surface area contributed by atoms with Gasteiger partial charge in [-0.3, -0.25) is 0 Å². The Morgan fingerprint density at radius 1 is 1.56 bits per heavy atom. The molecule has 9 heavy (non-hydrogen) atoms. The van der Waals surface area contributed by atoms with Crippen LogP contribution in [0.5, 0.6) is 0 Å². The molecule has 2 aliphatic carbocycles. The largest absolute Gasteiger partial charge is 0.391 e. The molecule has 0 aromatic heterocycles. The summed E-state index contributed by atoms with van der Waals surface area (Å²) in [7, 11) is 0. The Morgan fingerprint density at radius 2 is 2.33 bits per heavy atom. The Bertz CT molecular complexity index is 137. The summed E-state index contributed by atoms with van der Waals surface area (Å²) in [6.07, 6.45) is 4.05. The average molecular weight is 147 g/mol. The van der Waals surface area contributed by atoms with Crippen molar-refractivity contribution in [1.82, 2.24) is 0 Å². The third-order valence-corrected chi connectivity index (χ3v) is 3.35. The normalized spacial score (nSPS) is 56.7. The van der Waals surface area contributed by atoms with E-state index in [0.717, 1.165) is 25.2 Å². The molecule has 0 heterocycles. The first-order valence-electron chi connectivity index (χ1n) is 3.58. The SMILES string of the molecule is OC1CC2CCC1(Cl)C2. The van der Waals surface area contributed by atoms with Crippen molar-refractivity contribution in [3.05, 3.63) is 0 Å². The number of hydrogen-bond donors (Lipinski definition) is 1. The van der Waals surface area contributed by atoms with E-state index in [1.165, 1.54) is 6.42 Å². The third kappa shape index (κ3) is 0.714. The van der Waals surface area contributed by atoms with Gasteiger partial charge < -0.3 is 5.11 Å². The van der Waals surface area contributed by atoms with E-state index in [1.807, 2.05) is 0 Å². The first-order valence-corrected chi connectivity index (χ1v) is 3.95. The van der Waals surface area contributed by atoms with Crippen LogP contribution in [0.4, 0.5) is 0 Å². The molecule has 0 aliphatic heterocycles. The maximum absolute atomic E-state index is 9.35. The number of hydrogen-bond acceptors (Lipinski definition) is 1. The first-order chi connectivity index (χ1) is 4.21. The van der Waals surface area contributed by atoms with E-state index in [-0.39, 0.29) is 11.0 Å². The van der Waals surface area contributed by atoms with Crippen molar-refractivity contribution < 1.29 is 5.11 Å². The van der Waals surface area contributed by atoms with Crippen LogP contribution >= 0.6 is 11.6 Å². The van der Waals surface area contributed by atoms with Gasteiger partial charge in [0, 0.05) is 0 Å². The van der Waals surface area contributed by atoms with Crippen LogP contribution in [0.2, 0.25) is 0 Å². The summed E-state index contributed by atoms with van der Waals surface area (Å²) in [6.45, 7) is 0. The molecule has 1 N–H and O–H groups in total. The summed E-state index contributed by atoms with van der Waals surface area (Å²) in [6, 6.07) is 0. The van der Waals surface area contributed by atoms with E-state index in [4.69, 9.17) is 11.6 Å². The highest BCUT2D eigenvalue weighted by atomic mass is 35.5. The Balaban J connectivity index is 2.22. The van der Waals surface area contributed by atoms with Crippen LogP contribution in [-0.4, -0.2) is 16.1 Å². The maximum atomic E-state index is 9.35. The van der Waals surface area contributed by atoms with E-state index < -0.39 is 0 Å². The van der Waals surface area contributed by atoms with Gasteiger partial charge in [0.15, 0.2) is 0 Å².